The van der Waals surface area contributed by atoms with E-state index in [4.69, 9.17) is 5.73 Å². The molecule has 0 atom stereocenters. The van der Waals surface area contributed by atoms with E-state index in [-0.39, 0.29) is 11.9 Å². The van der Waals surface area contributed by atoms with E-state index in [1.807, 2.05) is 33.2 Å². The molecule has 1 amide bonds. The third kappa shape index (κ3) is 5.32. The largest absolute Gasteiger partial charge is 0.368 e. The summed E-state index contributed by atoms with van der Waals surface area (Å²) in [6.45, 7) is 6.24. The van der Waals surface area contributed by atoms with Gasteiger partial charge in [-0.05, 0) is 24.0 Å². The Bertz CT molecular complexity index is 778. The van der Waals surface area contributed by atoms with Gasteiger partial charge < -0.3 is 16.0 Å². The smallest absolute Gasteiger partial charge is 0.234 e. The van der Waals surface area contributed by atoms with Crippen molar-refractivity contribution in [3.63, 3.8) is 0 Å². The molecular weight excluding hydrogens is 348 g/mol. The fourth-order valence-corrected chi connectivity index (χ4v) is 3.11. The first-order valence-electron chi connectivity index (χ1n) is 8.42. The van der Waals surface area contributed by atoms with E-state index in [0.717, 1.165) is 16.8 Å². The first-order chi connectivity index (χ1) is 12.3. The van der Waals surface area contributed by atoms with Gasteiger partial charge >= 0.3 is 0 Å². The summed E-state index contributed by atoms with van der Waals surface area (Å²) in [5.41, 5.74) is 8.83. The highest BCUT2D eigenvalue weighted by Crippen LogP contribution is 2.27. The van der Waals surface area contributed by atoms with Crippen molar-refractivity contribution in [1.82, 2.24) is 15.0 Å². The molecule has 140 valence electrons. The van der Waals surface area contributed by atoms with Crippen LogP contribution >= 0.6 is 11.8 Å². The quantitative estimate of drug-likeness (QED) is 0.769. The van der Waals surface area contributed by atoms with Crippen LogP contribution in [0, 0.1) is 6.92 Å². The average Bonchev–Trinajstić information content (AvgIpc) is 2.56. The molecule has 1 aromatic heterocycles. The number of rotatable bonds is 7. The summed E-state index contributed by atoms with van der Waals surface area (Å²) in [5.74, 6) is 2.37. The van der Waals surface area contributed by atoms with Gasteiger partial charge in [-0.1, -0.05) is 32.0 Å². The molecule has 0 spiro atoms. The molecule has 26 heavy (non-hydrogen) atoms. The van der Waals surface area contributed by atoms with Gasteiger partial charge in [-0.15, -0.1) is 11.8 Å². The van der Waals surface area contributed by atoms with Gasteiger partial charge in [0.05, 0.1) is 11.5 Å². The van der Waals surface area contributed by atoms with E-state index in [1.165, 1.54) is 11.8 Å². The molecule has 2 rings (SSSR count). The SMILES string of the molecule is Cc1cccc(C(C)C)c1NC(=O)CSCc1nc(N)nc(N(C)C)n1. The van der Waals surface area contributed by atoms with Crippen molar-refractivity contribution in [2.75, 3.05) is 35.8 Å². The predicted molar refractivity (Wildman–Crippen MR) is 109 cm³/mol. The Balaban J connectivity index is 1.97. The second-order valence-corrected chi connectivity index (χ2v) is 7.52. The van der Waals surface area contributed by atoms with Crippen molar-refractivity contribution in [3.05, 3.63) is 35.2 Å². The molecule has 0 saturated heterocycles. The van der Waals surface area contributed by atoms with Crippen molar-refractivity contribution in [1.29, 1.82) is 0 Å². The Hall–Kier alpha value is -2.35. The number of nitrogens with one attached hydrogen (secondary N) is 1. The Kier molecular flexibility index (Phi) is 6.79. The number of aryl methyl sites for hydroxylation is 1. The van der Waals surface area contributed by atoms with Crippen molar-refractivity contribution in [2.45, 2.75) is 32.4 Å². The number of amides is 1. The van der Waals surface area contributed by atoms with Gasteiger partial charge in [0.1, 0.15) is 5.82 Å². The molecule has 0 fully saturated rings. The highest BCUT2D eigenvalue weighted by molar-refractivity contribution is 7.99. The molecule has 0 aliphatic heterocycles. The highest BCUT2D eigenvalue weighted by atomic mass is 32.2. The predicted octanol–water partition coefficient (Wildman–Crippen LogP) is 2.82. The van der Waals surface area contributed by atoms with Crippen LogP contribution < -0.4 is 16.0 Å². The Morgan fingerprint density at radius 1 is 1.27 bits per heavy atom. The van der Waals surface area contributed by atoms with Crippen molar-refractivity contribution >= 4 is 35.3 Å². The van der Waals surface area contributed by atoms with E-state index < -0.39 is 0 Å². The fourth-order valence-electron chi connectivity index (χ4n) is 2.44. The molecule has 0 unspecified atom stereocenters. The maximum atomic E-state index is 12.4. The summed E-state index contributed by atoms with van der Waals surface area (Å²) in [4.78, 5) is 26.6. The molecule has 1 heterocycles. The first-order valence-corrected chi connectivity index (χ1v) is 9.58. The van der Waals surface area contributed by atoms with Gasteiger partial charge in [-0.2, -0.15) is 15.0 Å². The summed E-state index contributed by atoms with van der Waals surface area (Å²) in [6, 6.07) is 6.07. The maximum Gasteiger partial charge on any atom is 0.234 e. The molecular formula is C18H26N6OS. The third-order valence-corrected chi connectivity index (χ3v) is 4.67. The summed E-state index contributed by atoms with van der Waals surface area (Å²) in [5, 5.41) is 3.04. The number of benzene rings is 1. The molecule has 8 heteroatoms. The molecule has 0 aliphatic carbocycles. The van der Waals surface area contributed by atoms with Crippen LogP contribution in [0.2, 0.25) is 0 Å². The first kappa shape index (κ1) is 20.0. The maximum absolute atomic E-state index is 12.4. The van der Waals surface area contributed by atoms with Crippen LogP contribution in [0.5, 0.6) is 0 Å². The van der Waals surface area contributed by atoms with Gasteiger partial charge in [0.15, 0.2) is 0 Å². The van der Waals surface area contributed by atoms with Crippen LogP contribution in [0.4, 0.5) is 17.6 Å². The van der Waals surface area contributed by atoms with Gasteiger partial charge in [0.25, 0.3) is 0 Å². The van der Waals surface area contributed by atoms with Gasteiger partial charge in [0, 0.05) is 19.8 Å². The number of hydrogen-bond donors (Lipinski definition) is 2. The average molecular weight is 375 g/mol. The minimum absolute atomic E-state index is 0.0407. The minimum atomic E-state index is -0.0407. The number of hydrogen-bond acceptors (Lipinski definition) is 7. The standard InChI is InChI=1S/C18H26N6OS/c1-11(2)13-8-6-7-12(3)16(13)22-15(25)10-26-9-14-20-17(19)23-18(21-14)24(4)5/h6-8,11H,9-10H2,1-5H3,(H,22,25)(H2,19,20,21,23). The topological polar surface area (TPSA) is 97.0 Å². The lowest BCUT2D eigenvalue weighted by atomic mass is 9.98. The van der Waals surface area contributed by atoms with E-state index >= 15 is 0 Å². The fraction of sp³-hybridized carbons (Fsp3) is 0.444. The molecule has 2 aromatic rings. The highest BCUT2D eigenvalue weighted by Gasteiger charge is 2.13. The lowest BCUT2D eigenvalue weighted by molar-refractivity contribution is -0.113. The monoisotopic (exact) mass is 374 g/mol. The summed E-state index contributed by atoms with van der Waals surface area (Å²) < 4.78 is 0. The Morgan fingerprint density at radius 2 is 2.00 bits per heavy atom. The molecule has 1 aromatic carbocycles. The van der Waals surface area contributed by atoms with Crippen LogP contribution in [0.25, 0.3) is 0 Å². The number of para-hydroxylation sites is 1. The third-order valence-electron chi connectivity index (χ3n) is 3.74. The van der Waals surface area contributed by atoms with Gasteiger partial charge in [0.2, 0.25) is 17.8 Å². The van der Waals surface area contributed by atoms with Crippen molar-refractivity contribution < 1.29 is 4.79 Å². The zero-order valence-corrected chi connectivity index (χ0v) is 16.7. The van der Waals surface area contributed by atoms with E-state index in [1.54, 1.807) is 4.90 Å². The molecule has 7 nitrogen and oxygen atoms in total. The number of aromatic nitrogens is 3. The number of anilines is 3. The summed E-state index contributed by atoms with van der Waals surface area (Å²) in [7, 11) is 3.68. The lowest BCUT2D eigenvalue weighted by Crippen LogP contribution is -2.18. The summed E-state index contributed by atoms with van der Waals surface area (Å²) >= 11 is 1.44. The van der Waals surface area contributed by atoms with Crippen molar-refractivity contribution in [3.8, 4) is 0 Å². The normalized spacial score (nSPS) is 10.8. The number of thioether (sulfide) groups is 1. The van der Waals surface area contributed by atoms with Gasteiger partial charge in [-0.3, -0.25) is 4.79 Å². The van der Waals surface area contributed by atoms with E-state index in [9.17, 15) is 4.79 Å². The number of carbonyl (C=O) groups excluding carboxylic acids is 1. The molecule has 3 N–H and O–H groups in total. The molecule has 0 bridgehead atoms. The number of nitrogen functional groups attached to an aromatic ring is 1. The number of carbonyl (C=O) groups is 1. The molecule has 0 saturated carbocycles. The second kappa shape index (κ2) is 8.84. The van der Waals surface area contributed by atoms with E-state index in [2.05, 4.69) is 40.2 Å². The van der Waals surface area contributed by atoms with E-state index in [0.29, 0.717) is 29.2 Å². The number of nitrogens with two attached hydrogens (primary N) is 1. The van der Waals surface area contributed by atoms with Crippen LogP contribution in [0.15, 0.2) is 18.2 Å². The number of nitrogens with zero attached hydrogens (tertiary/aromatic N) is 4. The second-order valence-electron chi connectivity index (χ2n) is 6.54. The Morgan fingerprint density at radius 3 is 2.65 bits per heavy atom. The van der Waals surface area contributed by atoms with Crippen molar-refractivity contribution in [2.24, 2.45) is 0 Å². The van der Waals surface area contributed by atoms with Gasteiger partial charge in [-0.25, -0.2) is 0 Å². The molecule has 0 radical (unpaired) electrons. The summed E-state index contributed by atoms with van der Waals surface area (Å²) in [6.07, 6.45) is 0. The van der Waals surface area contributed by atoms with Crippen LogP contribution in [0.1, 0.15) is 36.7 Å². The lowest BCUT2D eigenvalue weighted by Gasteiger charge is -2.16. The van der Waals surface area contributed by atoms with Crippen LogP contribution in [-0.4, -0.2) is 40.7 Å². The van der Waals surface area contributed by atoms with Crippen LogP contribution in [0.3, 0.4) is 0 Å². The zero-order chi connectivity index (χ0) is 19.3. The minimum Gasteiger partial charge on any atom is -0.368 e. The Labute approximate surface area is 158 Å². The zero-order valence-electron chi connectivity index (χ0n) is 15.9. The molecule has 0 aliphatic rings. The van der Waals surface area contributed by atoms with Crippen LogP contribution in [-0.2, 0) is 10.5 Å².